The van der Waals surface area contributed by atoms with Gasteiger partial charge in [-0.05, 0) is 0 Å². The molecule has 2 unspecified atom stereocenters. The van der Waals surface area contributed by atoms with Gasteiger partial charge >= 0.3 is 23.9 Å². The highest BCUT2D eigenvalue weighted by Crippen LogP contribution is 2.18. The molecule has 37 heavy (non-hydrogen) atoms. The molecular weight excluding hydrogens is 532 g/mol. The zero-order valence-corrected chi connectivity index (χ0v) is 19.7. The van der Waals surface area contributed by atoms with E-state index in [2.05, 4.69) is 0 Å². The lowest BCUT2D eigenvalue weighted by Gasteiger charge is -2.20. The average Bonchev–Trinajstić information content (AvgIpc) is 3.24. The number of amides is 4. The van der Waals surface area contributed by atoms with Crippen LogP contribution >= 0.6 is 0 Å². The molecule has 2 atom stereocenters. The largest absolute Gasteiger partial charge is 0.481 e. The fourth-order valence-corrected chi connectivity index (χ4v) is 3.14. The fourth-order valence-electron chi connectivity index (χ4n) is 2.91. The van der Waals surface area contributed by atoms with Gasteiger partial charge in [0.2, 0.25) is 23.6 Å². The molecule has 0 bridgehead atoms. The second-order valence-electron chi connectivity index (χ2n) is 7.23. The van der Waals surface area contributed by atoms with Crippen LogP contribution in [0.25, 0.3) is 0 Å². The van der Waals surface area contributed by atoms with Crippen molar-refractivity contribution >= 4 is 57.6 Å². The first kappa shape index (κ1) is 33.0. The highest BCUT2D eigenvalue weighted by molar-refractivity contribution is 7.85. The third kappa shape index (κ3) is 11.5. The lowest BCUT2D eigenvalue weighted by Crippen LogP contribution is -2.45. The molecule has 0 aromatic carbocycles. The van der Waals surface area contributed by atoms with Crippen molar-refractivity contribution in [3.05, 3.63) is 0 Å². The number of carboxylic acids is 4. The second kappa shape index (κ2) is 14.6. The van der Waals surface area contributed by atoms with Gasteiger partial charge in [-0.1, -0.05) is 0 Å². The molecule has 2 saturated heterocycles. The normalized spacial score (nSPS) is 16.8. The van der Waals surface area contributed by atoms with Crippen molar-refractivity contribution in [3.8, 4) is 0 Å². The lowest BCUT2D eigenvalue weighted by atomic mass is 10.2. The summed E-state index contributed by atoms with van der Waals surface area (Å²) in [5.74, 6) is -8.80. The minimum Gasteiger partial charge on any atom is -0.481 e. The number of hydrogen-bond acceptors (Lipinski definition) is 11. The summed E-state index contributed by atoms with van der Waals surface area (Å²) < 4.78 is 27.1. The van der Waals surface area contributed by atoms with Crippen LogP contribution in [-0.2, 0) is 48.5 Å². The Kier molecular flexibility index (Phi) is 13.0. The van der Waals surface area contributed by atoms with E-state index in [4.69, 9.17) is 30.1 Å². The number of aliphatic carboxylic acids is 4. The molecule has 0 radical (unpaired) electrons. The predicted octanol–water partition coefficient (Wildman–Crippen LogP) is -3.01. The van der Waals surface area contributed by atoms with Gasteiger partial charge in [0.1, 0.15) is 12.1 Å². The SMILES string of the molecule is O=C(O)CC(C(=O)O)N1C(=O)CCC1=O.O=C(O)CC(C(=O)O)N1C(=O)CCC1=O.O=S(=O)(O)CCO. The molecule has 208 valence electrons. The van der Waals surface area contributed by atoms with Crippen LogP contribution in [0.2, 0.25) is 0 Å². The first-order chi connectivity index (χ1) is 16.9. The van der Waals surface area contributed by atoms with Gasteiger partial charge in [-0.3, -0.25) is 43.1 Å². The molecule has 2 aliphatic rings. The van der Waals surface area contributed by atoms with Gasteiger partial charge in [0.05, 0.1) is 25.2 Å². The van der Waals surface area contributed by atoms with Gasteiger partial charge in [0.25, 0.3) is 10.1 Å². The van der Waals surface area contributed by atoms with E-state index in [9.17, 15) is 46.8 Å². The second-order valence-corrected chi connectivity index (χ2v) is 8.80. The Bertz CT molecular complexity index is 954. The van der Waals surface area contributed by atoms with E-state index in [0.717, 1.165) is 0 Å². The van der Waals surface area contributed by atoms with Gasteiger partial charge in [-0.2, -0.15) is 8.42 Å². The molecule has 0 spiro atoms. The Morgan fingerprint density at radius 3 is 1.08 bits per heavy atom. The third-order valence-electron chi connectivity index (χ3n) is 4.46. The van der Waals surface area contributed by atoms with E-state index < -0.39 is 94.9 Å². The molecule has 0 aromatic heterocycles. The first-order valence-corrected chi connectivity index (χ1v) is 11.7. The summed E-state index contributed by atoms with van der Waals surface area (Å²) in [5.41, 5.74) is 0. The van der Waals surface area contributed by atoms with Crippen LogP contribution in [0.4, 0.5) is 0 Å². The molecule has 19 heteroatoms. The van der Waals surface area contributed by atoms with Crippen molar-refractivity contribution in [2.75, 3.05) is 12.4 Å². The number of rotatable bonds is 10. The molecule has 2 rings (SSSR count). The number of carbonyl (C=O) groups is 8. The van der Waals surface area contributed by atoms with Crippen LogP contribution in [0.5, 0.6) is 0 Å². The van der Waals surface area contributed by atoms with Crippen molar-refractivity contribution in [2.45, 2.75) is 50.6 Å². The van der Waals surface area contributed by atoms with E-state index in [1.165, 1.54) is 0 Å². The number of carboxylic acid groups (broad SMARTS) is 4. The highest BCUT2D eigenvalue weighted by atomic mass is 32.2. The Morgan fingerprint density at radius 1 is 0.676 bits per heavy atom. The number of aliphatic hydroxyl groups is 1. The number of imide groups is 2. The fraction of sp³-hybridized carbons (Fsp3) is 0.556. The van der Waals surface area contributed by atoms with Crippen molar-refractivity contribution < 1.29 is 76.9 Å². The number of likely N-dealkylation sites (tertiary alicyclic amines) is 2. The summed E-state index contributed by atoms with van der Waals surface area (Å²) in [5, 5.41) is 42.2. The zero-order valence-electron chi connectivity index (χ0n) is 18.9. The quantitative estimate of drug-likeness (QED) is 0.115. The summed E-state index contributed by atoms with van der Waals surface area (Å²) in [6, 6.07) is -3.19. The maximum Gasteiger partial charge on any atom is 0.327 e. The Labute approximate surface area is 207 Å². The minimum atomic E-state index is -3.92. The summed E-state index contributed by atoms with van der Waals surface area (Å²) in [6.07, 6.45) is -1.76. The van der Waals surface area contributed by atoms with Crippen LogP contribution in [0, 0.1) is 0 Å². The van der Waals surface area contributed by atoms with Gasteiger partial charge < -0.3 is 25.5 Å². The Morgan fingerprint density at radius 2 is 0.946 bits per heavy atom. The van der Waals surface area contributed by atoms with Gasteiger partial charge in [-0.25, -0.2) is 9.59 Å². The molecule has 0 aliphatic carbocycles. The molecule has 2 fully saturated rings. The summed E-state index contributed by atoms with van der Waals surface area (Å²) in [6.45, 7) is -0.529. The van der Waals surface area contributed by atoms with Crippen LogP contribution < -0.4 is 0 Å². The van der Waals surface area contributed by atoms with Crippen molar-refractivity contribution in [2.24, 2.45) is 0 Å². The van der Waals surface area contributed by atoms with E-state index in [0.29, 0.717) is 9.80 Å². The lowest BCUT2D eigenvalue weighted by molar-refractivity contribution is -0.157. The Hall–Kier alpha value is -3.97. The molecular formula is C18H24N2O16S. The van der Waals surface area contributed by atoms with E-state index >= 15 is 0 Å². The number of aliphatic hydroxyl groups excluding tert-OH is 1. The van der Waals surface area contributed by atoms with Crippen molar-refractivity contribution in [1.29, 1.82) is 0 Å². The van der Waals surface area contributed by atoms with Crippen LogP contribution in [-0.4, -0.2) is 120 Å². The van der Waals surface area contributed by atoms with Crippen LogP contribution in [0.15, 0.2) is 0 Å². The Balaban J connectivity index is 0.000000563. The predicted molar refractivity (Wildman–Crippen MR) is 113 cm³/mol. The first-order valence-electron chi connectivity index (χ1n) is 10.1. The maximum absolute atomic E-state index is 11.2. The third-order valence-corrected chi connectivity index (χ3v) is 5.16. The summed E-state index contributed by atoms with van der Waals surface area (Å²) in [4.78, 5) is 87.8. The van der Waals surface area contributed by atoms with Gasteiger partial charge in [0.15, 0.2) is 0 Å². The molecule has 2 heterocycles. The van der Waals surface area contributed by atoms with E-state index in [1.807, 2.05) is 0 Å². The molecule has 4 amide bonds. The van der Waals surface area contributed by atoms with Gasteiger partial charge in [-0.15, -0.1) is 0 Å². The van der Waals surface area contributed by atoms with Crippen LogP contribution in [0.1, 0.15) is 38.5 Å². The monoisotopic (exact) mass is 556 g/mol. The standard InChI is InChI=1S/2C8H9NO6.C2H6O4S/c2*10-5-1-2-6(11)9(5)4(8(14)15)3-7(12)13;3-1-2-7(4,5)6/h2*4H,1-3H2,(H,12,13)(H,14,15);3H,1-2H2,(H,4,5,6). The van der Waals surface area contributed by atoms with Crippen LogP contribution in [0.3, 0.4) is 0 Å². The summed E-state index contributed by atoms with van der Waals surface area (Å²) >= 11 is 0. The van der Waals surface area contributed by atoms with Crippen molar-refractivity contribution in [1.82, 2.24) is 9.80 Å². The molecule has 0 aromatic rings. The summed E-state index contributed by atoms with van der Waals surface area (Å²) in [7, 11) is -3.92. The number of carbonyl (C=O) groups excluding carboxylic acids is 4. The number of hydrogen-bond donors (Lipinski definition) is 6. The topological polar surface area (TPSA) is 299 Å². The minimum absolute atomic E-state index is 0.0533. The van der Waals surface area contributed by atoms with Gasteiger partial charge in [0, 0.05) is 25.7 Å². The van der Waals surface area contributed by atoms with Crippen molar-refractivity contribution in [3.63, 3.8) is 0 Å². The average molecular weight is 556 g/mol. The molecule has 6 N–H and O–H groups in total. The van der Waals surface area contributed by atoms with E-state index in [1.54, 1.807) is 0 Å². The zero-order chi connectivity index (χ0) is 29.1. The number of nitrogens with zero attached hydrogens (tertiary/aromatic N) is 2. The molecule has 2 aliphatic heterocycles. The smallest absolute Gasteiger partial charge is 0.327 e. The molecule has 18 nitrogen and oxygen atoms in total. The maximum atomic E-state index is 11.2. The molecule has 0 saturated carbocycles. The highest BCUT2D eigenvalue weighted by Gasteiger charge is 2.40. The van der Waals surface area contributed by atoms with E-state index in [-0.39, 0.29) is 25.7 Å².